The van der Waals surface area contributed by atoms with Crippen LogP contribution in [0.5, 0.6) is 0 Å². The molecule has 30 heavy (non-hydrogen) atoms. The van der Waals surface area contributed by atoms with Crippen molar-refractivity contribution in [3.05, 3.63) is 64.7 Å². The Hall–Kier alpha value is -3.13. The van der Waals surface area contributed by atoms with Crippen molar-refractivity contribution in [2.75, 3.05) is 24.7 Å². The maximum Gasteiger partial charge on any atom is 0.258 e. The van der Waals surface area contributed by atoms with Crippen LogP contribution in [0.25, 0.3) is 10.9 Å². The zero-order valence-electron chi connectivity index (χ0n) is 16.8. The largest absolute Gasteiger partial charge is 0.338 e. The summed E-state index contributed by atoms with van der Waals surface area (Å²) in [5, 5.41) is 0.514. The fraction of sp³-hybridized carbons (Fsp3) is 0.273. The molecule has 2 amide bonds. The Balaban J connectivity index is 1.48. The van der Waals surface area contributed by atoms with Crippen LogP contribution in [0.1, 0.15) is 12.2 Å². The van der Waals surface area contributed by atoms with Gasteiger partial charge in [0.25, 0.3) is 5.56 Å². The normalized spacial score (nSPS) is 16.3. The molecule has 2 heterocycles. The highest BCUT2D eigenvalue weighted by Crippen LogP contribution is 2.29. The lowest BCUT2D eigenvalue weighted by Gasteiger charge is -2.21. The molecule has 154 valence electrons. The zero-order chi connectivity index (χ0) is 21.3. The summed E-state index contributed by atoms with van der Waals surface area (Å²) in [6, 6.07) is 14.8. The molecule has 4 rings (SSSR count). The van der Waals surface area contributed by atoms with E-state index in [0.29, 0.717) is 23.3 Å². The minimum atomic E-state index is -0.424. The smallest absolute Gasteiger partial charge is 0.258 e. The second-order valence-electron chi connectivity index (χ2n) is 7.33. The van der Waals surface area contributed by atoms with Gasteiger partial charge in [0, 0.05) is 30.6 Å². The summed E-state index contributed by atoms with van der Waals surface area (Å²) in [5.74, 6) is -0.198. The van der Waals surface area contributed by atoms with Crippen LogP contribution in [0.3, 0.4) is 0 Å². The van der Waals surface area contributed by atoms with Gasteiger partial charge >= 0.3 is 0 Å². The van der Waals surface area contributed by atoms with Crippen LogP contribution in [0.15, 0.2) is 58.2 Å². The second kappa shape index (κ2) is 8.31. The summed E-state index contributed by atoms with van der Waals surface area (Å²) >= 11 is 1.61. The van der Waals surface area contributed by atoms with Gasteiger partial charge < -0.3 is 14.8 Å². The molecule has 1 aromatic heterocycles. The molecule has 0 unspecified atom stereocenters. The first-order valence-electron chi connectivity index (χ1n) is 9.63. The molecule has 0 aliphatic carbocycles. The van der Waals surface area contributed by atoms with E-state index >= 15 is 0 Å². The minimum Gasteiger partial charge on any atom is -0.338 e. The van der Waals surface area contributed by atoms with E-state index in [2.05, 4.69) is 9.97 Å². The number of carbonyl (C=O) groups is 2. The molecule has 0 radical (unpaired) electrons. The summed E-state index contributed by atoms with van der Waals surface area (Å²) < 4.78 is 0. The van der Waals surface area contributed by atoms with Crippen LogP contribution in [0, 0.1) is 5.92 Å². The molecule has 1 saturated heterocycles. The average molecular weight is 423 g/mol. The number of fused-ring (bicyclic) bond motifs is 1. The number of hydrogen-bond acceptors (Lipinski definition) is 5. The quantitative estimate of drug-likeness (QED) is 0.639. The van der Waals surface area contributed by atoms with Gasteiger partial charge in [0.15, 0.2) is 0 Å². The molecule has 0 saturated carbocycles. The van der Waals surface area contributed by atoms with Crippen molar-refractivity contribution in [1.29, 1.82) is 0 Å². The third-order valence-electron chi connectivity index (χ3n) is 5.26. The molecule has 1 fully saturated rings. The fourth-order valence-electron chi connectivity index (χ4n) is 3.72. The van der Waals surface area contributed by atoms with Gasteiger partial charge in [-0.1, -0.05) is 18.2 Å². The number of nitrogens with zero attached hydrogens (tertiary/aromatic N) is 3. The Labute approximate surface area is 178 Å². The van der Waals surface area contributed by atoms with Crippen LogP contribution in [0.2, 0.25) is 0 Å². The highest BCUT2D eigenvalue weighted by Gasteiger charge is 2.36. The lowest BCUT2D eigenvalue weighted by atomic mass is 10.1. The number of anilines is 1. The lowest BCUT2D eigenvalue weighted by Crippen LogP contribution is -2.35. The van der Waals surface area contributed by atoms with Gasteiger partial charge in [0.1, 0.15) is 5.82 Å². The van der Waals surface area contributed by atoms with Crippen molar-refractivity contribution in [1.82, 2.24) is 14.9 Å². The van der Waals surface area contributed by atoms with E-state index in [1.165, 1.54) is 4.90 Å². The van der Waals surface area contributed by atoms with E-state index in [4.69, 9.17) is 0 Å². The first-order valence-corrected chi connectivity index (χ1v) is 10.9. The molecule has 1 N–H and O–H groups in total. The average Bonchev–Trinajstić information content (AvgIpc) is 3.14. The number of carbonyl (C=O) groups excluding carboxylic acids is 2. The minimum absolute atomic E-state index is 0.0581. The number of thioether (sulfide) groups is 1. The third-order valence-corrected chi connectivity index (χ3v) is 5.99. The van der Waals surface area contributed by atoms with E-state index in [1.807, 2.05) is 36.6 Å². The molecule has 0 bridgehead atoms. The second-order valence-corrected chi connectivity index (χ2v) is 8.21. The van der Waals surface area contributed by atoms with Gasteiger partial charge in [-0.15, -0.1) is 11.8 Å². The van der Waals surface area contributed by atoms with Crippen molar-refractivity contribution in [3.8, 4) is 0 Å². The Morgan fingerprint density at radius 2 is 2.03 bits per heavy atom. The molecule has 8 heteroatoms. The van der Waals surface area contributed by atoms with Crippen LogP contribution >= 0.6 is 11.8 Å². The number of nitrogens with one attached hydrogen (secondary N) is 1. The number of rotatable bonds is 5. The van der Waals surface area contributed by atoms with Crippen molar-refractivity contribution in [2.45, 2.75) is 17.9 Å². The van der Waals surface area contributed by atoms with Crippen molar-refractivity contribution in [2.24, 2.45) is 5.92 Å². The molecule has 3 aromatic rings. The number of hydrogen-bond donors (Lipinski definition) is 1. The third kappa shape index (κ3) is 3.95. The predicted octanol–water partition coefficient (Wildman–Crippen LogP) is 2.66. The van der Waals surface area contributed by atoms with E-state index in [0.717, 1.165) is 10.6 Å². The monoisotopic (exact) mass is 422 g/mol. The maximum atomic E-state index is 13.0. The molecular formula is C22H22N4O3S. The molecular weight excluding hydrogens is 400 g/mol. The highest BCUT2D eigenvalue weighted by atomic mass is 32.2. The van der Waals surface area contributed by atoms with Crippen LogP contribution < -0.4 is 10.5 Å². The van der Waals surface area contributed by atoms with Gasteiger partial charge in [0.05, 0.1) is 23.4 Å². The number of amides is 2. The van der Waals surface area contributed by atoms with E-state index < -0.39 is 5.92 Å². The Morgan fingerprint density at radius 1 is 1.23 bits per heavy atom. The Kier molecular flexibility index (Phi) is 5.59. The van der Waals surface area contributed by atoms with E-state index in [1.54, 1.807) is 41.9 Å². The standard InChI is InChI=1S/C22H22N4O3S/c1-25(13-19-23-18-9-4-3-8-17(18)21(28)24-19)22(29)14-10-20(27)26(12-14)15-6-5-7-16(11-15)30-2/h3-9,11,14H,10,12-13H2,1-2H3,(H,23,24,28)/t14-/m0/s1. The van der Waals surface area contributed by atoms with Gasteiger partial charge in [-0.05, 0) is 36.6 Å². The van der Waals surface area contributed by atoms with Crippen LogP contribution in [-0.4, -0.2) is 46.5 Å². The van der Waals surface area contributed by atoms with Crippen LogP contribution in [0.4, 0.5) is 5.69 Å². The number of para-hydroxylation sites is 1. The summed E-state index contributed by atoms with van der Waals surface area (Å²) in [6.45, 7) is 0.521. The summed E-state index contributed by atoms with van der Waals surface area (Å²) in [5.41, 5.74) is 1.17. The maximum absolute atomic E-state index is 13.0. The summed E-state index contributed by atoms with van der Waals surface area (Å²) in [7, 11) is 1.67. The van der Waals surface area contributed by atoms with E-state index in [9.17, 15) is 14.4 Å². The van der Waals surface area contributed by atoms with Crippen molar-refractivity contribution in [3.63, 3.8) is 0 Å². The first-order chi connectivity index (χ1) is 14.5. The number of H-pyrrole nitrogens is 1. The van der Waals surface area contributed by atoms with Gasteiger partial charge in [-0.25, -0.2) is 4.98 Å². The van der Waals surface area contributed by atoms with Crippen molar-refractivity contribution < 1.29 is 9.59 Å². The highest BCUT2D eigenvalue weighted by molar-refractivity contribution is 7.98. The molecule has 1 aliphatic rings. The topological polar surface area (TPSA) is 86.4 Å². The van der Waals surface area contributed by atoms with Crippen LogP contribution in [-0.2, 0) is 16.1 Å². The number of benzene rings is 2. The molecule has 7 nitrogen and oxygen atoms in total. The van der Waals surface area contributed by atoms with Gasteiger partial charge in [-0.3, -0.25) is 14.4 Å². The fourth-order valence-corrected chi connectivity index (χ4v) is 4.18. The molecule has 2 aromatic carbocycles. The van der Waals surface area contributed by atoms with Gasteiger partial charge in [-0.2, -0.15) is 0 Å². The zero-order valence-corrected chi connectivity index (χ0v) is 17.6. The SMILES string of the molecule is CSc1cccc(N2C[C@@H](C(=O)N(C)Cc3nc4ccccc4c(=O)[nH]3)CC2=O)c1. The molecule has 1 atom stereocenters. The Bertz CT molecular complexity index is 1180. The first kappa shape index (κ1) is 20.2. The van der Waals surface area contributed by atoms with Crippen molar-refractivity contribution >= 4 is 40.2 Å². The number of aromatic amines is 1. The summed E-state index contributed by atoms with van der Waals surface area (Å²) in [4.78, 5) is 49.2. The Morgan fingerprint density at radius 3 is 2.83 bits per heavy atom. The predicted molar refractivity (Wildman–Crippen MR) is 118 cm³/mol. The van der Waals surface area contributed by atoms with E-state index in [-0.39, 0.29) is 30.3 Å². The van der Waals surface area contributed by atoms with Gasteiger partial charge in [0.2, 0.25) is 11.8 Å². The summed E-state index contributed by atoms with van der Waals surface area (Å²) in [6.07, 6.45) is 2.16. The lowest BCUT2D eigenvalue weighted by molar-refractivity contribution is -0.135. The molecule has 0 spiro atoms. The number of aromatic nitrogens is 2. The molecule has 1 aliphatic heterocycles.